The molecule has 2 heteroatoms. The fourth-order valence-corrected chi connectivity index (χ4v) is 2.32. The predicted molar refractivity (Wildman–Crippen MR) is 55.8 cm³/mol. The Labute approximate surface area is 81.5 Å². The Hall–Kier alpha value is -0.0800. The zero-order chi connectivity index (χ0) is 9.31. The zero-order valence-corrected chi connectivity index (χ0v) is 8.90. The van der Waals surface area contributed by atoms with Crippen molar-refractivity contribution in [1.82, 2.24) is 10.6 Å². The summed E-state index contributed by atoms with van der Waals surface area (Å²) in [6.45, 7) is 8.28. The molecule has 2 aliphatic rings. The highest BCUT2D eigenvalue weighted by Gasteiger charge is 2.33. The fraction of sp³-hybridized carbons (Fsp3) is 1.00. The van der Waals surface area contributed by atoms with Crippen molar-refractivity contribution in [2.75, 3.05) is 19.6 Å². The van der Waals surface area contributed by atoms with Gasteiger partial charge in [-0.15, -0.1) is 0 Å². The van der Waals surface area contributed by atoms with Crippen LogP contribution in [0.2, 0.25) is 0 Å². The van der Waals surface area contributed by atoms with Gasteiger partial charge < -0.3 is 10.6 Å². The molecule has 1 aliphatic carbocycles. The van der Waals surface area contributed by atoms with E-state index in [0.29, 0.717) is 5.54 Å². The maximum Gasteiger partial charge on any atom is 0.0278 e. The summed E-state index contributed by atoms with van der Waals surface area (Å²) >= 11 is 0. The second-order valence-corrected chi connectivity index (χ2v) is 5.19. The van der Waals surface area contributed by atoms with Crippen LogP contribution in [0.25, 0.3) is 0 Å². The van der Waals surface area contributed by atoms with Crippen LogP contribution in [0, 0.1) is 11.8 Å². The van der Waals surface area contributed by atoms with Gasteiger partial charge in [-0.3, -0.25) is 0 Å². The molecule has 13 heavy (non-hydrogen) atoms. The van der Waals surface area contributed by atoms with Gasteiger partial charge in [0.25, 0.3) is 0 Å². The number of hydrogen-bond acceptors (Lipinski definition) is 2. The van der Waals surface area contributed by atoms with Crippen molar-refractivity contribution in [3.8, 4) is 0 Å². The first kappa shape index (κ1) is 9.47. The fourth-order valence-electron chi connectivity index (χ4n) is 2.32. The lowest BCUT2D eigenvalue weighted by Gasteiger charge is -2.24. The third-order valence-electron chi connectivity index (χ3n) is 3.65. The molecule has 2 rings (SSSR count). The van der Waals surface area contributed by atoms with E-state index >= 15 is 0 Å². The maximum absolute atomic E-state index is 3.60. The van der Waals surface area contributed by atoms with Crippen molar-refractivity contribution < 1.29 is 0 Å². The van der Waals surface area contributed by atoms with E-state index in [-0.39, 0.29) is 0 Å². The summed E-state index contributed by atoms with van der Waals surface area (Å²) in [4.78, 5) is 0. The summed E-state index contributed by atoms with van der Waals surface area (Å²) < 4.78 is 0. The molecule has 3 atom stereocenters. The first-order valence-corrected chi connectivity index (χ1v) is 5.65. The molecule has 76 valence electrons. The third-order valence-corrected chi connectivity index (χ3v) is 3.65. The van der Waals surface area contributed by atoms with Gasteiger partial charge in [-0.1, -0.05) is 6.92 Å². The molecule has 0 radical (unpaired) electrons. The summed E-state index contributed by atoms with van der Waals surface area (Å²) in [7, 11) is 0. The second-order valence-electron chi connectivity index (χ2n) is 5.19. The second kappa shape index (κ2) is 3.58. The van der Waals surface area contributed by atoms with Crippen molar-refractivity contribution in [3.63, 3.8) is 0 Å². The van der Waals surface area contributed by atoms with Crippen molar-refractivity contribution in [3.05, 3.63) is 0 Å². The average Bonchev–Trinajstić information content (AvgIpc) is 2.62. The SMILES string of the molecule is CC1CC1CNCC1(C)CCCN1. The third kappa shape index (κ3) is 2.44. The number of nitrogens with one attached hydrogen (secondary N) is 2. The van der Waals surface area contributed by atoms with Gasteiger partial charge in [0.05, 0.1) is 0 Å². The minimum Gasteiger partial charge on any atom is -0.315 e. The molecule has 3 unspecified atom stereocenters. The number of hydrogen-bond donors (Lipinski definition) is 2. The Morgan fingerprint density at radius 2 is 2.31 bits per heavy atom. The van der Waals surface area contributed by atoms with E-state index < -0.39 is 0 Å². The van der Waals surface area contributed by atoms with Crippen LogP contribution >= 0.6 is 0 Å². The Balaban J connectivity index is 1.61. The molecule has 1 saturated carbocycles. The van der Waals surface area contributed by atoms with Crippen molar-refractivity contribution >= 4 is 0 Å². The minimum absolute atomic E-state index is 0.387. The van der Waals surface area contributed by atoms with Gasteiger partial charge in [-0.05, 0) is 51.1 Å². The van der Waals surface area contributed by atoms with Crippen LogP contribution in [0.5, 0.6) is 0 Å². The highest BCUT2D eigenvalue weighted by Crippen LogP contribution is 2.36. The molecule has 0 aromatic carbocycles. The summed E-state index contributed by atoms with van der Waals surface area (Å²) in [5.41, 5.74) is 0.387. The van der Waals surface area contributed by atoms with Crippen LogP contribution in [0.4, 0.5) is 0 Å². The lowest BCUT2D eigenvalue weighted by molar-refractivity contribution is 0.381. The highest BCUT2D eigenvalue weighted by molar-refractivity contribution is 4.92. The lowest BCUT2D eigenvalue weighted by Crippen LogP contribution is -2.46. The van der Waals surface area contributed by atoms with Gasteiger partial charge in [0.15, 0.2) is 0 Å². The summed E-state index contributed by atoms with van der Waals surface area (Å²) in [6.07, 6.45) is 4.12. The quantitative estimate of drug-likeness (QED) is 0.686. The molecule has 1 saturated heterocycles. The van der Waals surface area contributed by atoms with Gasteiger partial charge in [-0.2, -0.15) is 0 Å². The Kier molecular flexibility index (Phi) is 2.61. The molecule has 1 aliphatic heterocycles. The highest BCUT2D eigenvalue weighted by atomic mass is 15.0. The molecule has 2 fully saturated rings. The molecule has 2 N–H and O–H groups in total. The van der Waals surface area contributed by atoms with Gasteiger partial charge in [0, 0.05) is 12.1 Å². The Morgan fingerprint density at radius 3 is 2.85 bits per heavy atom. The summed E-state index contributed by atoms with van der Waals surface area (Å²) in [6, 6.07) is 0. The van der Waals surface area contributed by atoms with Crippen LogP contribution in [-0.2, 0) is 0 Å². The standard InChI is InChI=1S/C11H22N2/c1-9-6-10(9)7-12-8-11(2)4-3-5-13-11/h9-10,12-13H,3-8H2,1-2H3. The molecule has 0 amide bonds. The summed E-state index contributed by atoms with van der Waals surface area (Å²) in [5, 5.41) is 7.17. The topological polar surface area (TPSA) is 24.1 Å². The molecule has 0 aromatic rings. The van der Waals surface area contributed by atoms with E-state index in [0.717, 1.165) is 18.4 Å². The monoisotopic (exact) mass is 182 g/mol. The molecular formula is C11H22N2. The van der Waals surface area contributed by atoms with E-state index in [1.165, 1.54) is 32.4 Å². The predicted octanol–water partition coefficient (Wildman–Crippen LogP) is 1.37. The molecule has 1 heterocycles. The molecule has 0 aromatic heterocycles. The first-order valence-electron chi connectivity index (χ1n) is 5.65. The maximum atomic E-state index is 3.60. The van der Waals surface area contributed by atoms with Gasteiger partial charge in [0.1, 0.15) is 0 Å². The molecule has 2 nitrogen and oxygen atoms in total. The van der Waals surface area contributed by atoms with E-state index in [1.807, 2.05) is 0 Å². The Morgan fingerprint density at radius 1 is 1.54 bits per heavy atom. The molecule has 0 spiro atoms. The van der Waals surface area contributed by atoms with Crippen molar-refractivity contribution in [2.45, 2.75) is 38.6 Å². The normalized spacial score (nSPS) is 43.8. The lowest BCUT2D eigenvalue weighted by atomic mass is 10.0. The van der Waals surface area contributed by atoms with Gasteiger partial charge in [0.2, 0.25) is 0 Å². The average molecular weight is 182 g/mol. The van der Waals surface area contributed by atoms with Crippen molar-refractivity contribution in [1.29, 1.82) is 0 Å². The number of rotatable bonds is 4. The minimum atomic E-state index is 0.387. The van der Waals surface area contributed by atoms with E-state index in [1.54, 1.807) is 0 Å². The van der Waals surface area contributed by atoms with E-state index in [9.17, 15) is 0 Å². The Bertz CT molecular complexity index is 173. The van der Waals surface area contributed by atoms with Crippen LogP contribution < -0.4 is 10.6 Å². The van der Waals surface area contributed by atoms with Crippen LogP contribution in [0.3, 0.4) is 0 Å². The van der Waals surface area contributed by atoms with Crippen molar-refractivity contribution in [2.24, 2.45) is 11.8 Å². The van der Waals surface area contributed by atoms with Gasteiger partial charge >= 0.3 is 0 Å². The zero-order valence-electron chi connectivity index (χ0n) is 8.90. The summed E-state index contributed by atoms with van der Waals surface area (Å²) in [5.74, 6) is 1.96. The molecular weight excluding hydrogens is 160 g/mol. The largest absolute Gasteiger partial charge is 0.315 e. The van der Waals surface area contributed by atoms with E-state index in [4.69, 9.17) is 0 Å². The molecule has 0 bridgehead atoms. The van der Waals surface area contributed by atoms with Crippen LogP contribution in [0.1, 0.15) is 33.1 Å². The first-order chi connectivity index (χ1) is 6.20. The van der Waals surface area contributed by atoms with E-state index in [2.05, 4.69) is 24.5 Å². The smallest absolute Gasteiger partial charge is 0.0278 e. The van der Waals surface area contributed by atoms with Crippen LogP contribution in [0.15, 0.2) is 0 Å². The van der Waals surface area contributed by atoms with Gasteiger partial charge in [-0.25, -0.2) is 0 Å². The van der Waals surface area contributed by atoms with Crippen LogP contribution in [-0.4, -0.2) is 25.2 Å².